The molecule has 8 heteroatoms. The van der Waals surface area contributed by atoms with Crippen LogP contribution in [0, 0.1) is 17.1 Å². The van der Waals surface area contributed by atoms with E-state index >= 15 is 0 Å². The molecule has 1 aliphatic rings. The smallest absolute Gasteiger partial charge is 0.244 e. The number of nitrogens with two attached hydrogens (primary N) is 1. The average Bonchev–Trinajstić information content (AvgIpc) is 3.48. The number of fused-ring (bicyclic) bond motifs is 1. The van der Waals surface area contributed by atoms with Crippen LogP contribution in [0.15, 0.2) is 77.5 Å². The first-order chi connectivity index (χ1) is 15.7. The van der Waals surface area contributed by atoms with Crippen LogP contribution in [0.2, 0.25) is 0 Å². The number of halogens is 1. The largest absolute Gasteiger partial charge is 0.489 e. The van der Waals surface area contributed by atoms with Crippen LogP contribution in [0.5, 0.6) is 11.6 Å². The van der Waals surface area contributed by atoms with Gasteiger partial charge in [0.2, 0.25) is 11.8 Å². The Hall–Kier alpha value is -4.09. The Morgan fingerprint density at radius 3 is 2.69 bits per heavy atom. The van der Waals surface area contributed by atoms with E-state index < -0.39 is 5.92 Å². The zero-order valence-corrected chi connectivity index (χ0v) is 17.5. The van der Waals surface area contributed by atoms with Gasteiger partial charge in [-0.15, -0.1) is 16.4 Å². The predicted molar refractivity (Wildman–Crippen MR) is 118 cm³/mol. The molecule has 4 aromatic rings. The van der Waals surface area contributed by atoms with E-state index in [1.54, 1.807) is 41.7 Å². The molecule has 2 aromatic carbocycles. The standard InChI is InChI=1S/C24H17FN4O2S/c25-18-5-2-1-4-15(18)13-30-16-9-7-14(8-10-16)20-17(12-26)23(27)31-24-21(20)22(28-29-24)19-6-3-11-32-19/h1-11,20H,13,27H2,(H,28,29). The number of aromatic nitrogens is 2. The minimum absolute atomic E-state index is 0.0362. The zero-order chi connectivity index (χ0) is 22.1. The molecular weight excluding hydrogens is 427 g/mol. The van der Waals surface area contributed by atoms with Crippen molar-refractivity contribution in [3.8, 4) is 28.3 Å². The summed E-state index contributed by atoms with van der Waals surface area (Å²) in [6.07, 6.45) is 0. The number of thiophene rings is 1. The van der Waals surface area contributed by atoms with E-state index in [0.29, 0.717) is 22.8 Å². The van der Waals surface area contributed by atoms with Crippen molar-refractivity contribution in [1.82, 2.24) is 10.2 Å². The highest BCUT2D eigenvalue weighted by molar-refractivity contribution is 7.13. The van der Waals surface area contributed by atoms with Gasteiger partial charge >= 0.3 is 0 Å². The number of nitrogens with one attached hydrogen (secondary N) is 1. The van der Waals surface area contributed by atoms with E-state index in [2.05, 4.69) is 16.3 Å². The molecule has 3 N–H and O–H groups in total. The first kappa shape index (κ1) is 19.8. The number of H-pyrrole nitrogens is 1. The maximum Gasteiger partial charge on any atom is 0.244 e. The van der Waals surface area contributed by atoms with E-state index in [-0.39, 0.29) is 18.3 Å². The Morgan fingerprint density at radius 1 is 1.16 bits per heavy atom. The average molecular weight is 444 g/mol. The predicted octanol–water partition coefficient (Wildman–Crippen LogP) is 5.07. The van der Waals surface area contributed by atoms with Crippen molar-refractivity contribution in [1.29, 1.82) is 5.26 Å². The summed E-state index contributed by atoms with van der Waals surface area (Å²) in [5.41, 5.74) is 9.23. The number of aromatic amines is 1. The number of nitriles is 1. The van der Waals surface area contributed by atoms with Gasteiger partial charge in [0.25, 0.3) is 0 Å². The third-order valence-electron chi connectivity index (χ3n) is 5.27. The number of benzene rings is 2. The topological polar surface area (TPSA) is 97.0 Å². The van der Waals surface area contributed by atoms with Crippen LogP contribution >= 0.6 is 11.3 Å². The number of allylic oxidation sites excluding steroid dienone is 1. The van der Waals surface area contributed by atoms with E-state index in [1.165, 1.54) is 6.07 Å². The van der Waals surface area contributed by atoms with Crippen molar-refractivity contribution in [3.63, 3.8) is 0 Å². The number of hydrogen-bond acceptors (Lipinski definition) is 6. The summed E-state index contributed by atoms with van der Waals surface area (Å²) in [4.78, 5) is 0.981. The summed E-state index contributed by atoms with van der Waals surface area (Å²) in [5.74, 6) is 0.230. The van der Waals surface area contributed by atoms with Crippen molar-refractivity contribution in [2.24, 2.45) is 5.73 Å². The third-order valence-corrected chi connectivity index (χ3v) is 6.16. The molecule has 0 saturated carbocycles. The molecule has 0 aliphatic carbocycles. The summed E-state index contributed by atoms with van der Waals surface area (Å²) in [5, 5.41) is 19.1. The maximum absolute atomic E-state index is 13.8. The van der Waals surface area contributed by atoms with Gasteiger partial charge in [-0.3, -0.25) is 5.10 Å². The van der Waals surface area contributed by atoms with Crippen molar-refractivity contribution in [2.45, 2.75) is 12.5 Å². The Morgan fingerprint density at radius 2 is 1.97 bits per heavy atom. The Balaban J connectivity index is 1.48. The van der Waals surface area contributed by atoms with Gasteiger partial charge in [-0.25, -0.2) is 4.39 Å². The number of ether oxygens (including phenoxy) is 2. The van der Waals surface area contributed by atoms with Crippen LogP contribution in [0.25, 0.3) is 10.6 Å². The first-order valence-corrected chi connectivity index (χ1v) is 10.7. The first-order valence-electron chi connectivity index (χ1n) is 9.81. The van der Waals surface area contributed by atoms with Gasteiger partial charge in [0.15, 0.2) is 0 Å². The summed E-state index contributed by atoms with van der Waals surface area (Å²) < 4.78 is 25.2. The minimum Gasteiger partial charge on any atom is -0.489 e. The number of rotatable bonds is 5. The van der Waals surface area contributed by atoms with Gasteiger partial charge in [0.05, 0.1) is 22.1 Å². The van der Waals surface area contributed by atoms with E-state index in [9.17, 15) is 9.65 Å². The van der Waals surface area contributed by atoms with Gasteiger partial charge in [-0.05, 0) is 35.2 Å². The van der Waals surface area contributed by atoms with Gasteiger partial charge in [-0.2, -0.15) is 5.26 Å². The van der Waals surface area contributed by atoms with Crippen molar-refractivity contribution in [2.75, 3.05) is 0 Å². The van der Waals surface area contributed by atoms with Crippen LogP contribution in [0.4, 0.5) is 4.39 Å². The fourth-order valence-electron chi connectivity index (χ4n) is 3.72. The SMILES string of the molecule is N#CC1=C(N)Oc2n[nH]c(-c3cccs3)c2C1c1ccc(OCc2ccccc2F)cc1. The highest BCUT2D eigenvalue weighted by Gasteiger charge is 2.35. The molecule has 1 aliphatic heterocycles. The molecular formula is C24H17FN4O2S. The second-order valence-corrected chi connectivity index (χ2v) is 8.12. The van der Waals surface area contributed by atoms with Crippen molar-refractivity contribution < 1.29 is 13.9 Å². The summed E-state index contributed by atoms with van der Waals surface area (Å²) in [6, 6.07) is 19.9. The molecule has 158 valence electrons. The zero-order valence-electron chi connectivity index (χ0n) is 16.7. The minimum atomic E-state index is -0.444. The van der Waals surface area contributed by atoms with Crippen LogP contribution < -0.4 is 15.2 Å². The van der Waals surface area contributed by atoms with E-state index in [0.717, 1.165) is 21.7 Å². The Kier molecular flexibility index (Phi) is 5.09. The quantitative estimate of drug-likeness (QED) is 0.448. The fraction of sp³-hybridized carbons (Fsp3) is 0.0833. The second kappa shape index (κ2) is 8.21. The number of nitrogens with zero attached hydrogens (tertiary/aromatic N) is 2. The lowest BCUT2D eigenvalue weighted by atomic mass is 9.84. The molecule has 0 saturated heterocycles. The Labute approximate surface area is 187 Å². The molecule has 32 heavy (non-hydrogen) atoms. The van der Waals surface area contributed by atoms with Crippen molar-refractivity contribution in [3.05, 3.63) is 100 Å². The van der Waals surface area contributed by atoms with E-state index in [1.807, 2.05) is 29.6 Å². The molecule has 0 bridgehead atoms. The molecule has 0 fully saturated rings. The normalized spacial score (nSPS) is 15.1. The lowest BCUT2D eigenvalue weighted by Gasteiger charge is -2.24. The van der Waals surface area contributed by atoms with Gasteiger partial charge in [0.1, 0.15) is 29.8 Å². The highest BCUT2D eigenvalue weighted by Crippen LogP contribution is 2.46. The monoisotopic (exact) mass is 444 g/mol. The van der Waals surface area contributed by atoms with Crippen LogP contribution in [0.3, 0.4) is 0 Å². The molecule has 0 amide bonds. The molecule has 0 radical (unpaired) electrons. The highest BCUT2D eigenvalue weighted by atomic mass is 32.1. The fourth-order valence-corrected chi connectivity index (χ4v) is 4.45. The molecule has 0 spiro atoms. The lowest BCUT2D eigenvalue weighted by Crippen LogP contribution is -2.20. The molecule has 1 atom stereocenters. The lowest BCUT2D eigenvalue weighted by molar-refractivity contribution is 0.300. The van der Waals surface area contributed by atoms with Gasteiger partial charge in [0, 0.05) is 5.56 Å². The summed E-state index contributed by atoms with van der Waals surface area (Å²) in [6.45, 7) is 0.119. The molecule has 1 unspecified atom stereocenters. The number of hydrogen-bond donors (Lipinski definition) is 2. The molecule has 6 nitrogen and oxygen atoms in total. The maximum atomic E-state index is 13.8. The van der Waals surface area contributed by atoms with Gasteiger partial charge in [-0.1, -0.05) is 36.4 Å². The molecule has 2 aromatic heterocycles. The third kappa shape index (κ3) is 3.49. The molecule has 5 rings (SSSR count). The van der Waals surface area contributed by atoms with Crippen molar-refractivity contribution >= 4 is 11.3 Å². The molecule has 3 heterocycles. The van der Waals surface area contributed by atoms with Crippen LogP contribution in [-0.4, -0.2) is 10.2 Å². The van der Waals surface area contributed by atoms with Crippen LogP contribution in [-0.2, 0) is 6.61 Å². The summed E-state index contributed by atoms with van der Waals surface area (Å²) in [7, 11) is 0. The van der Waals surface area contributed by atoms with Crippen LogP contribution in [0.1, 0.15) is 22.6 Å². The summed E-state index contributed by atoms with van der Waals surface area (Å²) >= 11 is 1.56. The van der Waals surface area contributed by atoms with Gasteiger partial charge < -0.3 is 15.2 Å². The second-order valence-electron chi connectivity index (χ2n) is 7.17. The Bertz CT molecular complexity index is 1340. The van der Waals surface area contributed by atoms with E-state index in [4.69, 9.17) is 15.2 Å².